The smallest absolute Gasteiger partial charge is 0.273 e. The van der Waals surface area contributed by atoms with E-state index in [1.807, 2.05) is 33.2 Å². The molecule has 2 aromatic rings. The monoisotopic (exact) mass is 276 g/mol. The first-order chi connectivity index (χ1) is 9.49. The second-order valence-corrected chi connectivity index (χ2v) is 5.04. The van der Waals surface area contributed by atoms with Crippen molar-refractivity contribution in [2.75, 3.05) is 12.3 Å². The quantitative estimate of drug-likeness (QED) is 0.752. The second kappa shape index (κ2) is 5.77. The normalized spacial score (nSPS) is 11.0. The number of aromatic nitrogens is 4. The summed E-state index contributed by atoms with van der Waals surface area (Å²) < 4.78 is 1.73. The van der Waals surface area contributed by atoms with Crippen molar-refractivity contribution in [2.45, 2.75) is 26.2 Å². The third kappa shape index (κ3) is 2.98. The summed E-state index contributed by atoms with van der Waals surface area (Å²) in [5.74, 6) is -0.0563. The largest absolute Gasteiger partial charge is 0.395 e. The van der Waals surface area contributed by atoms with Crippen molar-refractivity contribution in [2.24, 2.45) is 7.05 Å². The minimum atomic E-state index is -0.262. The standard InChI is InChI=1S/C13H20N6O/c1-8(2)11-10(14)12(17-16-11)13(20)15-6-4-9-5-7-19(3)18-9/h5,7-8H,4,6,14H2,1-3H3,(H,15,20)(H,16,17). The van der Waals surface area contributed by atoms with Gasteiger partial charge in [0.05, 0.1) is 17.1 Å². The summed E-state index contributed by atoms with van der Waals surface area (Å²) >= 11 is 0. The molecule has 20 heavy (non-hydrogen) atoms. The van der Waals surface area contributed by atoms with Crippen LogP contribution in [0.15, 0.2) is 12.3 Å². The lowest BCUT2D eigenvalue weighted by molar-refractivity contribution is 0.0950. The summed E-state index contributed by atoms with van der Waals surface area (Å²) in [4.78, 5) is 12.0. The number of nitrogen functional groups attached to an aromatic ring is 1. The highest BCUT2D eigenvalue weighted by Crippen LogP contribution is 2.21. The minimum absolute atomic E-state index is 0.206. The molecule has 0 aliphatic heterocycles. The van der Waals surface area contributed by atoms with Gasteiger partial charge in [-0.05, 0) is 12.0 Å². The first-order valence-electron chi connectivity index (χ1n) is 6.59. The Morgan fingerprint density at radius 2 is 2.30 bits per heavy atom. The van der Waals surface area contributed by atoms with Gasteiger partial charge in [-0.15, -0.1) is 0 Å². The number of hydrogen-bond donors (Lipinski definition) is 3. The van der Waals surface area contributed by atoms with Crippen molar-refractivity contribution in [3.8, 4) is 0 Å². The number of aromatic amines is 1. The predicted molar refractivity (Wildman–Crippen MR) is 76.3 cm³/mol. The molecular formula is C13H20N6O. The Bertz CT molecular complexity index is 598. The summed E-state index contributed by atoms with van der Waals surface area (Å²) in [6.45, 7) is 4.48. The van der Waals surface area contributed by atoms with Gasteiger partial charge in [0.2, 0.25) is 0 Å². The molecule has 0 aromatic carbocycles. The van der Waals surface area contributed by atoms with Gasteiger partial charge in [0.25, 0.3) is 5.91 Å². The van der Waals surface area contributed by atoms with Crippen molar-refractivity contribution in [1.29, 1.82) is 0 Å². The number of nitrogens with zero attached hydrogens (tertiary/aromatic N) is 3. The number of H-pyrrole nitrogens is 1. The van der Waals surface area contributed by atoms with Crippen LogP contribution in [0.4, 0.5) is 5.69 Å². The van der Waals surface area contributed by atoms with Crippen molar-refractivity contribution in [1.82, 2.24) is 25.3 Å². The number of carbonyl (C=O) groups is 1. The van der Waals surface area contributed by atoms with Crippen molar-refractivity contribution >= 4 is 11.6 Å². The van der Waals surface area contributed by atoms with Crippen LogP contribution in [-0.4, -0.2) is 32.4 Å². The zero-order valence-corrected chi connectivity index (χ0v) is 12.0. The Kier molecular flexibility index (Phi) is 4.07. The van der Waals surface area contributed by atoms with E-state index in [2.05, 4.69) is 20.6 Å². The summed E-state index contributed by atoms with van der Waals surface area (Å²) in [5.41, 5.74) is 8.33. The summed E-state index contributed by atoms with van der Waals surface area (Å²) in [7, 11) is 1.86. The minimum Gasteiger partial charge on any atom is -0.395 e. The van der Waals surface area contributed by atoms with Gasteiger partial charge in [-0.1, -0.05) is 13.8 Å². The maximum Gasteiger partial charge on any atom is 0.273 e. The van der Waals surface area contributed by atoms with Crippen molar-refractivity contribution < 1.29 is 4.79 Å². The molecule has 0 fully saturated rings. The Hall–Kier alpha value is -2.31. The van der Waals surface area contributed by atoms with Gasteiger partial charge in [-0.25, -0.2) is 0 Å². The molecule has 4 N–H and O–H groups in total. The maximum atomic E-state index is 12.0. The molecule has 7 nitrogen and oxygen atoms in total. The van der Waals surface area contributed by atoms with E-state index in [4.69, 9.17) is 5.73 Å². The number of aryl methyl sites for hydroxylation is 1. The maximum absolute atomic E-state index is 12.0. The third-order valence-corrected chi connectivity index (χ3v) is 3.06. The lowest BCUT2D eigenvalue weighted by atomic mass is 10.1. The van der Waals surface area contributed by atoms with E-state index in [0.29, 0.717) is 18.7 Å². The van der Waals surface area contributed by atoms with Crippen LogP contribution in [-0.2, 0) is 13.5 Å². The zero-order valence-electron chi connectivity index (χ0n) is 12.0. The third-order valence-electron chi connectivity index (χ3n) is 3.06. The number of nitrogens with two attached hydrogens (primary N) is 1. The predicted octanol–water partition coefficient (Wildman–Crippen LogP) is 0.821. The fourth-order valence-electron chi connectivity index (χ4n) is 1.96. The molecule has 0 atom stereocenters. The highest BCUT2D eigenvalue weighted by molar-refractivity contribution is 5.97. The van der Waals surface area contributed by atoms with Gasteiger partial charge < -0.3 is 11.1 Å². The summed E-state index contributed by atoms with van der Waals surface area (Å²) in [6, 6.07) is 1.92. The topological polar surface area (TPSA) is 102 Å². The van der Waals surface area contributed by atoms with E-state index in [1.165, 1.54) is 0 Å². The van der Waals surface area contributed by atoms with Crippen molar-refractivity contribution in [3.63, 3.8) is 0 Å². The average molecular weight is 276 g/mol. The fourth-order valence-corrected chi connectivity index (χ4v) is 1.96. The molecule has 0 aliphatic carbocycles. The van der Waals surface area contributed by atoms with Crippen LogP contribution in [0.1, 0.15) is 41.6 Å². The SMILES string of the molecule is CC(C)c1[nH]nc(C(=O)NCCc2ccn(C)n2)c1N. The Morgan fingerprint density at radius 1 is 1.55 bits per heavy atom. The second-order valence-electron chi connectivity index (χ2n) is 5.04. The van der Waals surface area contributed by atoms with Crippen LogP contribution in [0, 0.1) is 0 Å². The number of rotatable bonds is 5. The molecule has 0 saturated heterocycles. The van der Waals surface area contributed by atoms with Crippen molar-refractivity contribution in [3.05, 3.63) is 29.3 Å². The molecule has 0 radical (unpaired) electrons. The molecule has 0 spiro atoms. The number of amides is 1. The first-order valence-corrected chi connectivity index (χ1v) is 6.59. The van der Waals surface area contributed by atoms with Crippen LogP contribution in [0.25, 0.3) is 0 Å². The molecule has 7 heteroatoms. The Labute approximate surface area is 117 Å². The van der Waals surface area contributed by atoms with Gasteiger partial charge in [-0.3, -0.25) is 14.6 Å². The molecule has 0 aliphatic rings. The van der Waals surface area contributed by atoms with Crippen LogP contribution in [0.3, 0.4) is 0 Å². The molecule has 108 valence electrons. The highest BCUT2D eigenvalue weighted by atomic mass is 16.1. The first kappa shape index (κ1) is 14.1. The Morgan fingerprint density at radius 3 is 2.85 bits per heavy atom. The number of anilines is 1. The van der Waals surface area contributed by atoms with Crippen LogP contribution < -0.4 is 11.1 Å². The van der Waals surface area contributed by atoms with Gasteiger partial charge >= 0.3 is 0 Å². The fraction of sp³-hybridized carbons (Fsp3) is 0.462. The summed E-state index contributed by atoms with van der Waals surface area (Å²) in [6.07, 6.45) is 2.55. The molecule has 0 saturated carbocycles. The zero-order chi connectivity index (χ0) is 14.7. The number of carbonyl (C=O) groups excluding carboxylic acids is 1. The van der Waals surface area contributed by atoms with E-state index < -0.39 is 0 Å². The molecule has 2 heterocycles. The van der Waals surface area contributed by atoms with Gasteiger partial charge in [-0.2, -0.15) is 10.2 Å². The van der Waals surface area contributed by atoms with Crippen LogP contribution >= 0.6 is 0 Å². The van der Waals surface area contributed by atoms with Crippen LogP contribution in [0.5, 0.6) is 0 Å². The average Bonchev–Trinajstić information content (AvgIpc) is 2.95. The van der Waals surface area contributed by atoms with E-state index in [0.717, 1.165) is 11.4 Å². The van der Waals surface area contributed by atoms with E-state index >= 15 is 0 Å². The molecule has 2 rings (SSSR count). The lowest BCUT2D eigenvalue weighted by Crippen LogP contribution is -2.27. The number of nitrogens with one attached hydrogen (secondary N) is 2. The number of hydrogen-bond acceptors (Lipinski definition) is 4. The van der Waals surface area contributed by atoms with E-state index in [9.17, 15) is 4.79 Å². The van der Waals surface area contributed by atoms with Gasteiger partial charge in [0.1, 0.15) is 0 Å². The van der Waals surface area contributed by atoms with E-state index in [1.54, 1.807) is 4.68 Å². The molecule has 0 bridgehead atoms. The van der Waals surface area contributed by atoms with Gasteiger partial charge in [0, 0.05) is 26.2 Å². The Balaban J connectivity index is 1.92. The molecule has 1 amide bonds. The van der Waals surface area contributed by atoms with Crippen LogP contribution in [0.2, 0.25) is 0 Å². The molecular weight excluding hydrogens is 256 g/mol. The highest BCUT2D eigenvalue weighted by Gasteiger charge is 2.18. The molecule has 0 unspecified atom stereocenters. The van der Waals surface area contributed by atoms with E-state index in [-0.39, 0.29) is 17.5 Å². The molecule has 2 aromatic heterocycles. The summed E-state index contributed by atoms with van der Waals surface area (Å²) in [5, 5.41) is 13.8. The lowest BCUT2D eigenvalue weighted by Gasteiger charge is -2.04. The van der Waals surface area contributed by atoms with Gasteiger partial charge in [0.15, 0.2) is 5.69 Å².